The van der Waals surface area contributed by atoms with Gasteiger partial charge in [-0.15, -0.1) is 0 Å². The summed E-state index contributed by atoms with van der Waals surface area (Å²) in [5.41, 5.74) is -0.608. The monoisotopic (exact) mass is 429 g/mol. The Morgan fingerprint density at radius 3 is 2.56 bits per heavy atom. The smallest absolute Gasteiger partial charge is 0.410 e. The number of carbonyl (C=O) groups is 2. The Kier molecular flexibility index (Phi) is 4.79. The first kappa shape index (κ1) is 18.5. The average Bonchev–Trinajstić information content (AvgIpc) is 2.48. The quantitative estimate of drug-likeness (QED) is 0.591. The van der Waals surface area contributed by atoms with Crippen LogP contribution in [0.25, 0.3) is 0 Å². The minimum Gasteiger partial charge on any atom is -0.484 e. The van der Waals surface area contributed by atoms with Crippen LogP contribution in [-0.2, 0) is 4.74 Å². The topological polar surface area (TPSA) is 55.8 Å². The van der Waals surface area contributed by atoms with Crippen LogP contribution in [-0.4, -0.2) is 41.1 Å². The van der Waals surface area contributed by atoms with Crippen molar-refractivity contribution in [1.29, 1.82) is 0 Å². The Balaban J connectivity index is 1.74. The van der Waals surface area contributed by atoms with Gasteiger partial charge in [0.25, 0.3) is 0 Å². The fourth-order valence-corrected chi connectivity index (χ4v) is 4.06. The summed E-state index contributed by atoms with van der Waals surface area (Å²) in [6, 6.07) is 3.47. The van der Waals surface area contributed by atoms with Crippen molar-refractivity contribution < 1.29 is 19.1 Å². The van der Waals surface area contributed by atoms with Crippen LogP contribution < -0.4 is 4.74 Å². The van der Waals surface area contributed by atoms with Crippen LogP contribution in [0.4, 0.5) is 4.79 Å². The van der Waals surface area contributed by atoms with Crippen molar-refractivity contribution in [3.63, 3.8) is 0 Å². The second-order valence-corrected chi connectivity index (χ2v) is 8.94. The van der Waals surface area contributed by atoms with Crippen LogP contribution in [0.3, 0.4) is 0 Å². The molecule has 1 amide bonds. The number of nitrogens with zero attached hydrogens (tertiary/aromatic N) is 1. The van der Waals surface area contributed by atoms with Crippen molar-refractivity contribution in [2.24, 2.45) is 0 Å². The van der Waals surface area contributed by atoms with E-state index in [9.17, 15) is 9.59 Å². The van der Waals surface area contributed by atoms with Gasteiger partial charge in [-0.2, -0.15) is 0 Å². The first-order chi connectivity index (χ1) is 11.6. The van der Waals surface area contributed by atoms with E-state index in [0.717, 1.165) is 4.47 Å². The van der Waals surface area contributed by atoms with E-state index >= 15 is 0 Å². The zero-order chi connectivity index (χ0) is 18.4. The Morgan fingerprint density at radius 2 is 1.96 bits per heavy atom. The van der Waals surface area contributed by atoms with Gasteiger partial charge in [-0.3, -0.25) is 4.79 Å². The van der Waals surface area contributed by atoms with E-state index in [1.165, 1.54) is 0 Å². The molecule has 0 atom stereocenters. The SMILES string of the molecule is CC(C)(C)OC(=O)N1CCC2(CC1)CC(=O)c1cc(Br)cc(Cl)c1O2. The van der Waals surface area contributed by atoms with Crippen molar-refractivity contribution in [1.82, 2.24) is 4.90 Å². The number of rotatable bonds is 0. The van der Waals surface area contributed by atoms with Crippen LogP contribution in [0, 0.1) is 0 Å². The molecule has 1 aromatic carbocycles. The number of ketones is 1. The van der Waals surface area contributed by atoms with Crippen LogP contribution >= 0.6 is 27.5 Å². The maximum atomic E-state index is 12.6. The van der Waals surface area contributed by atoms with Gasteiger partial charge in [0.2, 0.25) is 0 Å². The van der Waals surface area contributed by atoms with Crippen molar-refractivity contribution in [3.05, 3.63) is 27.2 Å². The van der Waals surface area contributed by atoms with E-state index < -0.39 is 11.2 Å². The molecule has 0 unspecified atom stereocenters. The number of fused-ring (bicyclic) bond motifs is 1. The highest BCUT2D eigenvalue weighted by molar-refractivity contribution is 9.10. The lowest BCUT2D eigenvalue weighted by atomic mass is 9.82. The van der Waals surface area contributed by atoms with Gasteiger partial charge in [0, 0.05) is 30.4 Å². The minimum absolute atomic E-state index is 0.0233. The molecule has 0 aromatic heterocycles. The van der Waals surface area contributed by atoms with Crippen molar-refractivity contribution >= 4 is 39.4 Å². The molecule has 1 saturated heterocycles. The molecule has 0 saturated carbocycles. The first-order valence-electron chi connectivity index (χ1n) is 8.28. The third-order valence-corrected chi connectivity index (χ3v) is 5.18. The Bertz CT molecular complexity index is 721. The molecule has 0 radical (unpaired) electrons. The van der Waals surface area contributed by atoms with Gasteiger partial charge in [0.15, 0.2) is 5.78 Å². The van der Waals surface area contributed by atoms with Gasteiger partial charge in [-0.25, -0.2) is 4.79 Å². The Labute approximate surface area is 160 Å². The third-order valence-electron chi connectivity index (χ3n) is 4.44. The fraction of sp³-hybridized carbons (Fsp3) is 0.556. The Hall–Kier alpha value is -1.27. The highest BCUT2D eigenvalue weighted by atomic mass is 79.9. The van der Waals surface area contributed by atoms with Gasteiger partial charge in [0.05, 0.1) is 17.0 Å². The van der Waals surface area contributed by atoms with Gasteiger partial charge < -0.3 is 14.4 Å². The summed E-state index contributed by atoms with van der Waals surface area (Å²) in [6.07, 6.45) is 1.12. The molecule has 7 heteroatoms. The summed E-state index contributed by atoms with van der Waals surface area (Å²) in [6.45, 7) is 6.51. The molecule has 1 spiro atoms. The van der Waals surface area contributed by atoms with E-state index in [0.29, 0.717) is 48.7 Å². The zero-order valence-electron chi connectivity index (χ0n) is 14.5. The molecule has 5 nitrogen and oxygen atoms in total. The van der Waals surface area contributed by atoms with Crippen LogP contribution in [0.5, 0.6) is 5.75 Å². The lowest BCUT2D eigenvalue weighted by Crippen LogP contribution is -2.53. The number of amides is 1. The Morgan fingerprint density at radius 1 is 1.32 bits per heavy atom. The number of hydrogen-bond donors (Lipinski definition) is 0. The number of piperidine rings is 1. The molecular formula is C18H21BrClNO4. The molecule has 1 fully saturated rings. The summed E-state index contributed by atoms with van der Waals surface area (Å²) in [4.78, 5) is 26.5. The van der Waals surface area contributed by atoms with Crippen molar-refractivity contribution in [2.75, 3.05) is 13.1 Å². The number of likely N-dealkylation sites (tertiary alicyclic amines) is 1. The third kappa shape index (κ3) is 3.95. The normalized spacial score (nSPS) is 19.4. The molecule has 136 valence electrons. The van der Waals surface area contributed by atoms with E-state index in [1.807, 2.05) is 20.8 Å². The van der Waals surface area contributed by atoms with Gasteiger partial charge in [-0.05, 0) is 32.9 Å². The molecule has 0 aliphatic carbocycles. The van der Waals surface area contributed by atoms with Crippen molar-refractivity contribution in [3.8, 4) is 5.75 Å². The van der Waals surface area contributed by atoms with Gasteiger partial charge in [-0.1, -0.05) is 27.5 Å². The standard InChI is InChI=1S/C18H21BrClNO4/c1-17(2,3)25-16(23)21-6-4-18(5-7-21)10-14(22)12-8-11(19)9-13(20)15(12)24-18/h8-9H,4-7,10H2,1-3H3. The molecule has 2 heterocycles. The number of ether oxygens (including phenoxy) is 2. The maximum Gasteiger partial charge on any atom is 0.410 e. The van der Waals surface area contributed by atoms with E-state index in [-0.39, 0.29) is 11.9 Å². The maximum absolute atomic E-state index is 12.6. The molecule has 25 heavy (non-hydrogen) atoms. The highest BCUT2D eigenvalue weighted by Crippen LogP contribution is 2.44. The summed E-state index contributed by atoms with van der Waals surface area (Å²) >= 11 is 9.63. The van der Waals surface area contributed by atoms with Crippen LogP contribution in [0.1, 0.15) is 50.4 Å². The first-order valence-corrected chi connectivity index (χ1v) is 9.45. The fourth-order valence-electron chi connectivity index (χ4n) is 3.21. The number of carbonyl (C=O) groups excluding carboxylic acids is 2. The average molecular weight is 431 g/mol. The molecular weight excluding hydrogens is 410 g/mol. The molecule has 0 bridgehead atoms. The van der Waals surface area contributed by atoms with E-state index in [4.69, 9.17) is 21.1 Å². The van der Waals surface area contributed by atoms with E-state index in [1.54, 1.807) is 17.0 Å². The minimum atomic E-state index is -0.597. The second kappa shape index (κ2) is 6.47. The number of Topliss-reactive ketones (excluding diaryl/α,β-unsaturated/α-hetero) is 1. The molecule has 0 N–H and O–H groups in total. The van der Waals surface area contributed by atoms with Gasteiger partial charge >= 0.3 is 6.09 Å². The summed E-state index contributed by atoms with van der Waals surface area (Å²) in [5.74, 6) is 0.474. The number of halogens is 2. The predicted molar refractivity (Wildman–Crippen MR) is 98.5 cm³/mol. The predicted octanol–water partition coefficient (Wildman–Crippen LogP) is 4.84. The summed E-state index contributed by atoms with van der Waals surface area (Å²) < 4.78 is 12.4. The van der Waals surface area contributed by atoms with Gasteiger partial charge in [0.1, 0.15) is 17.0 Å². The summed E-state index contributed by atoms with van der Waals surface area (Å²) in [5, 5.41) is 0.423. The highest BCUT2D eigenvalue weighted by Gasteiger charge is 2.45. The van der Waals surface area contributed by atoms with Crippen LogP contribution in [0.15, 0.2) is 16.6 Å². The summed E-state index contributed by atoms with van der Waals surface area (Å²) in [7, 11) is 0. The second-order valence-electron chi connectivity index (χ2n) is 7.62. The molecule has 3 rings (SSSR count). The molecule has 1 aromatic rings. The molecule has 2 aliphatic rings. The lowest BCUT2D eigenvalue weighted by Gasteiger charge is -2.44. The van der Waals surface area contributed by atoms with E-state index in [2.05, 4.69) is 15.9 Å². The lowest BCUT2D eigenvalue weighted by molar-refractivity contribution is -0.0225. The zero-order valence-corrected chi connectivity index (χ0v) is 16.9. The number of hydrogen-bond acceptors (Lipinski definition) is 4. The number of benzene rings is 1. The van der Waals surface area contributed by atoms with Crippen LogP contribution in [0.2, 0.25) is 5.02 Å². The largest absolute Gasteiger partial charge is 0.484 e. The molecule has 2 aliphatic heterocycles. The van der Waals surface area contributed by atoms with Crippen molar-refractivity contribution in [2.45, 2.75) is 51.2 Å².